The van der Waals surface area contributed by atoms with Crippen molar-refractivity contribution >= 4 is 36.1 Å². The van der Waals surface area contributed by atoms with E-state index in [2.05, 4.69) is 6.92 Å². The zero-order valence-corrected chi connectivity index (χ0v) is 9.31. The Labute approximate surface area is 109 Å². The summed E-state index contributed by atoms with van der Waals surface area (Å²) in [7, 11) is 0. The summed E-state index contributed by atoms with van der Waals surface area (Å²) in [6.07, 6.45) is 4.61. The first kappa shape index (κ1) is 14.7. The van der Waals surface area contributed by atoms with Gasteiger partial charge >= 0.3 is 18.9 Å². The zero-order valence-electron chi connectivity index (χ0n) is 8.49. The molecule has 1 nitrogen and oxygen atoms in total. The van der Waals surface area contributed by atoms with Crippen LogP contribution in [-0.2, 0) is 6.42 Å². The summed E-state index contributed by atoms with van der Waals surface area (Å²) in [6.45, 7) is 2.18. The number of aryl methyl sites for hydroxylation is 1. The van der Waals surface area contributed by atoms with Crippen molar-refractivity contribution in [2.75, 3.05) is 0 Å². The van der Waals surface area contributed by atoms with E-state index in [0.29, 0.717) is 0 Å². The van der Waals surface area contributed by atoms with Gasteiger partial charge in [-0.1, -0.05) is 44.0 Å². The topological polar surface area (TPSA) is 20.2 Å². The maximum absolute atomic E-state index is 9.29. The van der Waals surface area contributed by atoms with E-state index in [4.69, 9.17) is 12.2 Å². The molecule has 0 aliphatic rings. The maximum atomic E-state index is 9.29. The van der Waals surface area contributed by atoms with Crippen LogP contribution in [0, 0.1) is 0 Å². The first-order chi connectivity index (χ1) is 6.75. The number of benzene rings is 1. The second-order valence-corrected chi connectivity index (χ2v) is 3.81. The van der Waals surface area contributed by atoms with Gasteiger partial charge in [-0.25, -0.2) is 0 Å². The van der Waals surface area contributed by atoms with Crippen LogP contribution < -0.4 is 0 Å². The summed E-state index contributed by atoms with van der Waals surface area (Å²) < 4.78 is 0. The van der Waals surface area contributed by atoms with Crippen LogP contribution in [0.2, 0.25) is 0 Å². The van der Waals surface area contributed by atoms with Crippen LogP contribution in [0.5, 0.6) is 0 Å². The summed E-state index contributed by atoms with van der Waals surface area (Å²) in [4.78, 5) is 0. The monoisotopic (exact) mass is 216 g/mol. The molecular formula is C12H17LiOS. The van der Waals surface area contributed by atoms with Gasteiger partial charge in [-0.2, -0.15) is 0 Å². The van der Waals surface area contributed by atoms with Gasteiger partial charge in [0.2, 0.25) is 0 Å². The fraction of sp³-hybridized carbons (Fsp3) is 0.417. The number of thiocarbonyl (C=S) groups is 1. The van der Waals surface area contributed by atoms with Gasteiger partial charge in [0.15, 0.2) is 5.05 Å². The molecular weight excluding hydrogens is 199 g/mol. The van der Waals surface area contributed by atoms with Crippen molar-refractivity contribution in [3.8, 4) is 0 Å². The van der Waals surface area contributed by atoms with Gasteiger partial charge < -0.3 is 5.11 Å². The fourth-order valence-corrected chi connectivity index (χ4v) is 1.71. The van der Waals surface area contributed by atoms with Crippen LogP contribution in [0.3, 0.4) is 0 Å². The summed E-state index contributed by atoms with van der Waals surface area (Å²) >= 11 is 4.78. The van der Waals surface area contributed by atoms with Crippen LogP contribution in [0.25, 0.3) is 0 Å². The molecule has 3 heteroatoms. The molecule has 0 heterocycles. The first-order valence-electron chi connectivity index (χ1n) is 5.07. The normalized spacial score (nSPS) is 9.40. The Balaban J connectivity index is 0.00000196. The molecule has 0 aromatic heterocycles. The molecule has 0 spiro atoms. The van der Waals surface area contributed by atoms with Crippen LogP contribution in [-0.4, -0.2) is 29.0 Å². The number of aliphatic hydroxyl groups is 1. The third-order valence-corrected chi connectivity index (χ3v) is 2.52. The number of hydrogen-bond donors (Lipinski definition) is 1. The van der Waals surface area contributed by atoms with Crippen molar-refractivity contribution in [2.24, 2.45) is 0 Å². The van der Waals surface area contributed by atoms with Gasteiger partial charge in [0.05, 0.1) is 0 Å². The van der Waals surface area contributed by atoms with E-state index >= 15 is 0 Å². The second-order valence-electron chi connectivity index (χ2n) is 3.42. The van der Waals surface area contributed by atoms with Crippen molar-refractivity contribution in [3.63, 3.8) is 0 Å². The Bertz CT molecular complexity index is 312. The molecule has 0 amide bonds. The van der Waals surface area contributed by atoms with E-state index < -0.39 is 0 Å². The molecule has 0 fully saturated rings. The van der Waals surface area contributed by atoms with Crippen molar-refractivity contribution in [1.29, 1.82) is 0 Å². The minimum atomic E-state index is 0. The van der Waals surface area contributed by atoms with Gasteiger partial charge in [0.1, 0.15) is 0 Å². The van der Waals surface area contributed by atoms with E-state index in [-0.39, 0.29) is 23.9 Å². The third-order valence-electron chi connectivity index (χ3n) is 2.30. The number of hydrogen-bond acceptors (Lipinski definition) is 1. The molecule has 0 saturated carbocycles. The van der Waals surface area contributed by atoms with Crippen LogP contribution in [0.1, 0.15) is 37.3 Å². The second kappa shape index (κ2) is 7.93. The van der Waals surface area contributed by atoms with Gasteiger partial charge in [0.25, 0.3) is 0 Å². The third kappa shape index (κ3) is 4.84. The summed E-state index contributed by atoms with van der Waals surface area (Å²) in [5, 5.41) is 9.30. The van der Waals surface area contributed by atoms with Crippen LogP contribution >= 0.6 is 12.2 Å². The average Bonchev–Trinajstić information content (AvgIpc) is 2.19. The van der Waals surface area contributed by atoms with Crippen molar-refractivity contribution in [3.05, 3.63) is 35.4 Å². The van der Waals surface area contributed by atoms with Crippen LogP contribution in [0.15, 0.2) is 24.3 Å². The molecule has 0 aliphatic heterocycles. The first-order valence-corrected chi connectivity index (χ1v) is 5.47. The molecule has 15 heavy (non-hydrogen) atoms. The number of aliphatic hydroxyl groups excluding tert-OH is 1. The molecule has 0 aliphatic carbocycles. The van der Waals surface area contributed by atoms with Gasteiger partial charge in [-0.05, 0) is 30.6 Å². The Hall–Kier alpha value is -0.293. The number of rotatable bonds is 5. The van der Waals surface area contributed by atoms with Gasteiger partial charge in [-0.15, -0.1) is 0 Å². The van der Waals surface area contributed by atoms with E-state index in [1.165, 1.54) is 12.8 Å². The van der Waals surface area contributed by atoms with E-state index in [9.17, 15) is 5.11 Å². The van der Waals surface area contributed by atoms with E-state index in [0.717, 1.165) is 24.0 Å². The Morgan fingerprint density at radius 2 is 1.93 bits per heavy atom. The summed E-state index contributed by atoms with van der Waals surface area (Å²) in [5.74, 6) is 0. The van der Waals surface area contributed by atoms with Crippen molar-refractivity contribution < 1.29 is 5.11 Å². The SMILES string of the molecule is CCCCCc1ccccc1C(O)=S.[LiH]. The molecule has 0 radical (unpaired) electrons. The van der Waals surface area contributed by atoms with Crippen molar-refractivity contribution in [2.45, 2.75) is 32.6 Å². The summed E-state index contributed by atoms with van der Waals surface area (Å²) in [6, 6.07) is 7.81. The predicted molar refractivity (Wildman–Crippen MR) is 71.1 cm³/mol. The Morgan fingerprint density at radius 3 is 2.53 bits per heavy atom. The Kier molecular flexibility index (Phi) is 7.77. The molecule has 1 N–H and O–H groups in total. The molecule has 0 saturated heterocycles. The molecule has 78 valence electrons. The van der Waals surface area contributed by atoms with Gasteiger partial charge in [0, 0.05) is 5.56 Å². The van der Waals surface area contributed by atoms with Crippen LogP contribution in [0.4, 0.5) is 0 Å². The summed E-state index contributed by atoms with van der Waals surface area (Å²) in [5.41, 5.74) is 1.98. The number of unbranched alkanes of at least 4 members (excludes halogenated alkanes) is 2. The molecule has 0 atom stereocenters. The molecule has 0 unspecified atom stereocenters. The average molecular weight is 216 g/mol. The van der Waals surface area contributed by atoms with E-state index in [1.807, 2.05) is 24.3 Å². The molecule has 0 bridgehead atoms. The molecule has 1 aromatic rings. The minimum absolute atomic E-state index is 0. The Morgan fingerprint density at radius 1 is 1.27 bits per heavy atom. The molecule has 1 rings (SSSR count). The molecule has 1 aromatic carbocycles. The predicted octanol–water partition coefficient (Wildman–Crippen LogP) is 3.00. The van der Waals surface area contributed by atoms with E-state index in [1.54, 1.807) is 0 Å². The zero-order chi connectivity index (χ0) is 10.4. The van der Waals surface area contributed by atoms with Crippen molar-refractivity contribution in [1.82, 2.24) is 0 Å². The fourth-order valence-electron chi connectivity index (χ4n) is 1.51. The van der Waals surface area contributed by atoms with Gasteiger partial charge in [-0.3, -0.25) is 0 Å². The quantitative estimate of drug-likeness (QED) is 0.464. The standard InChI is InChI=1S/C12H16OS.Li.H/c1-2-3-4-7-10-8-5-6-9-11(10)12(13)14;;/h5-6,8-9H,2-4,7H2,1H3,(H,13,14);;.